The van der Waals surface area contributed by atoms with Crippen LogP contribution in [0.1, 0.15) is 98.2 Å². The van der Waals surface area contributed by atoms with Gasteiger partial charge in [0, 0.05) is 6.42 Å². The third-order valence-electron chi connectivity index (χ3n) is 4.19. The fourth-order valence-corrected chi connectivity index (χ4v) is 2.68. The van der Waals surface area contributed by atoms with Crippen molar-refractivity contribution in [2.45, 2.75) is 109 Å². The van der Waals surface area contributed by atoms with Gasteiger partial charge in [0.25, 0.3) is 0 Å². The second-order valence-corrected chi connectivity index (χ2v) is 6.39. The Morgan fingerprint density at radius 2 is 1.17 bits per heavy atom. The van der Waals surface area contributed by atoms with Gasteiger partial charge in [-0.05, 0) is 19.3 Å². The van der Waals surface area contributed by atoms with Crippen molar-refractivity contribution in [2.24, 2.45) is 0 Å². The zero-order valence-electron chi connectivity index (χ0n) is 16.3. The number of unbranched alkanes of at least 4 members (excludes halogenated alkanes) is 9. The zero-order chi connectivity index (χ0) is 16.6. The van der Waals surface area contributed by atoms with E-state index in [1.54, 1.807) is 0 Å². The van der Waals surface area contributed by atoms with Gasteiger partial charge in [-0.2, -0.15) is 0 Å². The van der Waals surface area contributed by atoms with E-state index in [0.717, 1.165) is 44.9 Å². The number of carbonyl (C=O) groups is 1. The maximum atomic E-state index is 10.4. The van der Waals surface area contributed by atoms with Crippen molar-refractivity contribution in [1.82, 2.24) is 0 Å². The molecule has 2 atom stereocenters. The van der Waals surface area contributed by atoms with Crippen LogP contribution in [0.3, 0.4) is 0 Å². The molecule has 0 fully saturated rings. The van der Waals surface area contributed by atoms with Crippen molar-refractivity contribution in [2.75, 3.05) is 0 Å². The molecule has 0 heterocycles. The van der Waals surface area contributed by atoms with E-state index in [2.05, 4.69) is 6.92 Å². The maximum Gasteiger partial charge on any atom is 1.00 e. The van der Waals surface area contributed by atoms with Gasteiger partial charge in [-0.15, -0.1) is 0 Å². The largest absolute Gasteiger partial charge is 1.00 e. The molecule has 0 amide bonds. The Hall–Kier alpha value is -0.0126. The average molecular weight is 324 g/mol. The van der Waals surface area contributed by atoms with Crippen LogP contribution in [0.15, 0.2) is 0 Å². The second kappa shape index (κ2) is 18.3. The van der Waals surface area contributed by atoms with Crippen LogP contribution in [0.4, 0.5) is 0 Å². The Morgan fingerprint density at radius 3 is 1.61 bits per heavy atom. The van der Waals surface area contributed by atoms with E-state index in [1.807, 2.05) is 0 Å². The number of carboxylic acid groups (broad SMARTS) is 1. The number of aliphatic carboxylic acids is 1. The molecule has 4 nitrogen and oxygen atoms in total. The van der Waals surface area contributed by atoms with Crippen LogP contribution in [-0.2, 0) is 4.79 Å². The summed E-state index contributed by atoms with van der Waals surface area (Å²) in [6, 6.07) is 0. The van der Waals surface area contributed by atoms with Crippen molar-refractivity contribution >= 4 is 5.97 Å². The van der Waals surface area contributed by atoms with Crippen molar-refractivity contribution < 1.29 is 40.4 Å². The number of rotatable bonds is 16. The van der Waals surface area contributed by atoms with Crippen LogP contribution >= 0.6 is 0 Å². The van der Waals surface area contributed by atoms with Crippen molar-refractivity contribution in [3.63, 3.8) is 0 Å². The summed E-state index contributed by atoms with van der Waals surface area (Å²) in [6.07, 6.45) is 12.2. The molecular weight excluding hydrogens is 287 g/mol. The Morgan fingerprint density at radius 1 is 0.783 bits per heavy atom. The predicted octanol–water partition coefficient (Wildman–Crippen LogP) is 1.39. The molecule has 134 valence electrons. The molecule has 3 N–H and O–H groups in total. The summed E-state index contributed by atoms with van der Waals surface area (Å²) < 4.78 is 0. The number of hydrogen-bond acceptors (Lipinski definition) is 3. The minimum atomic E-state index is -0.728. The molecule has 23 heavy (non-hydrogen) atoms. The summed E-state index contributed by atoms with van der Waals surface area (Å²) in [5, 5.41) is 28.3. The molecule has 0 radical (unpaired) electrons. The number of aliphatic hydroxyl groups is 2. The van der Waals surface area contributed by atoms with Crippen molar-refractivity contribution in [1.29, 1.82) is 0 Å². The molecule has 2 unspecified atom stereocenters. The minimum absolute atomic E-state index is 0. The van der Waals surface area contributed by atoms with Crippen LogP contribution in [0.25, 0.3) is 0 Å². The molecule has 0 saturated carbocycles. The first-order chi connectivity index (χ1) is 10.6. The standard InChI is InChI=1S/C18H36O4.Li.H/c1-2-3-4-5-7-10-13-16(19)17(20)14-11-8-6-9-12-15-18(21)22;;/h16-17,19-20H,2-15H2,1H3,(H,21,22);;/q;+1;-1. The van der Waals surface area contributed by atoms with Gasteiger partial charge in [0.1, 0.15) is 0 Å². The third-order valence-corrected chi connectivity index (χ3v) is 4.19. The predicted molar refractivity (Wildman–Crippen MR) is 91.1 cm³/mol. The molecule has 0 spiro atoms. The first kappa shape index (κ1) is 25.2. The first-order valence-corrected chi connectivity index (χ1v) is 9.15. The van der Waals surface area contributed by atoms with E-state index in [9.17, 15) is 15.0 Å². The molecule has 0 aromatic rings. The Labute approximate surface area is 155 Å². The first-order valence-electron chi connectivity index (χ1n) is 9.15. The van der Waals surface area contributed by atoms with Gasteiger partial charge in [0.15, 0.2) is 0 Å². The van der Waals surface area contributed by atoms with E-state index >= 15 is 0 Å². The second-order valence-electron chi connectivity index (χ2n) is 6.39. The molecule has 0 bridgehead atoms. The summed E-state index contributed by atoms with van der Waals surface area (Å²) >= 11 is 0. The molecule has 0 aromatic carbocycles. The maximum absolute atomic E-state index is 10.4. The van der Waals surface area contributed by atoms with Gasteiger partial charge in [-0.3, -0.25) is 4.79 Å². The average Bonchev–Trinajstić information content (AvgIpc) is 2.49. The van der Waals surface area contributed by atoms with Gasteiger partial charge >= 0.3 is 24.8 Å². The summed E-state index contributed by atoms with van der Waals surface area (Å²) in [6.45, 7) is 2.20. The SMILES string of the molecule is CCCCCCCCC(O)C(O)CCCCCCCC(=O)O.[H-].[Li+]. The van der Waals surface area contributed by atoms with Gasteiger partial charge in [-0.25, -0.2) is 0 Å². The molecular formula is C18H37LiO4. The normalized spacial score (nSPS) is 13.3. The van der Waals surface area contributed by atoms with Gasteiger partial charge in [0.05, 0.1) is 12.2 Å². The van der Waals surface area contributed by atoms with Crippen LogP contribution < -0.4 is 18.9 Å². The molecule has 0 aromatic heterocycles. The fourth-order valence-electron chi connectivity index (χ4n) is 2.68. The molecule has 0 saturated heterocycles. The number of aliphatic hydroxyl groups excluding tert-OH is 2. The third kappa shape index (κ3) is 18.2. The van der Waals surface area contributed by atoms with E-state index in [-0.39, 0.29) is 26.7 Å². The van der Waals surface area contributed by atoms with Crippen molar-refractivity contribution in [3.05, 3.63) is 0 Å². The van der Waals surface area contributed by atoms with Crippen LogP contribution in [-0.4, -0.2) is 33.5 Å². The quantitative estimate of drug-likeness (QED) is 0.296. The summed E-state index contributed by atoms with van der Waals surface area (Å²) in [5.41, 5.74) is 0. The molecule has 0 rings (SSSR count). The zero-order valence-corrected chi connectivity index (χ0v) is 15.3. The molecule has 0 aliphatic carbocycles. The van der Waals surface area contributed by atoms with Gasteiger partial charge < -0.3 is 16.7 Å². The van der Waals surface area contributed by atoms with E-state index < -0.39 is 18.2 Å². The monoisotopic (exact) mass is 324 g/mol. The van der Waals surface area contributed by atoms with Crippen LogP contribution in [0, 0.1) is 0 Å². The smallest absolute Gasteiger partial charge is 1.00 e. The van der Waals surface area contributed by atoms with Crippen molar-refractivity contribution in [3.8, 4) is 0 Å². The van der Waals surface area contributed by atoms with Gasteiger partial charge in [0.2, 0.25) is 0 Å². The summed E-state index contributed by atoms with van der Waals surface area (Å²) in [5.74, 6) is -0.728. The minimum Gasteiger partial charge on any atom is -1.00 e. The van der Waals surface area contributed by atoms with Gasteiger partial charge in [-0.1, -0.05) is 71.1 Å². The fraction of sp³-hybridized carbons (Fsp3) is 0.944. The van der Waals surface area contributed by atoms with E-state index in [1.165, 1.54) is 25.7 Å². The number of carboxylic acids is 1. The Kier molecular flexibility index (Phi) is 20.1. The molecule has 0 aliphatic heterocycles. The molecule has 0 aliphatic rings. The number of hydrogen-bond donors (Lipinski definition) is 3. The Bertz CT molecular complexity index is 267. The summed E-state index contributed by atoms with van der Waals surface area (Å²) in [4.78, 5) is 10.4. The van der Waals surface area contributed by atoms with E-state index in [4.69, 9.17) is 5.11 Å². The van der Waals surface area contributed by atoms with Crippen LogP contribution in [0.2, 0.25) is 0 Å². The van der Waals surface area contributed by atoms with Crippen LogP contribution in [0.5, 0.6) is 0 Å². The van der Waals surface area contributed by atoms with E-state index in [0.29, 0.717) is 12.8 Å². The topological polar surface area (TPSA) is 77.8 Å². The Balaban J connectivity index is -0.00000220. The summed E-state index contributed by atoms with van der Waals surface area (Å²) in [7, 11) is 0. The molecule has 5 heteroatoms.